The molecule has 0 fully saturated rings. The molecule has 1 unspecified atom stereocenters. The second kappa shape index (κ2) is 4.09. The van der Waals surface area contributed by atoms with E-state index in [1.807, 2.05) is 18.5 Å². The predicted molar refractivity (Wildman–Crippen MR) is 75.2 cm³/mol. The molecular formula is C15H14N4. The van der Waals surface area contributed by atoms with Gasteiger partial charge in [-0.2, -0.15) is 0 Å². The first kappa shape index (κ1) is 10.6. The summed E-state index contributed by atoms with van der Waals surface area (Å²) in [4.78, 5) is 8.77. The number of benzene rings is 1. The van der Waals surface area contributed by atoms with Gasteiger partial charge in [0.15, 0.2) is 0 Å². The topological polar surface area (TPSA) is 42.7 Å². The zero-order chi connectivity index (χ0) is 12.7. The van der Waals surface area contributed by atoms with Crippen molar-refractivity contribution in [3.05, 3.63) is 54.4 Å². The SMILES string of the molecule is c1ccc2c(c1)nc1n2C(c2ccncc2)CCN1. The van der Waals surface area contributed by atoms with Gasteiger partial charge in [0.25, 0.3) is 0 Å². The molecule has 1 aliphatic rings. The second-order valence-corrected chi connectivity index (χ2v) is 4.81. The molecule has 3 aromatic rings. The Morgan fingerprint density at radius 3 is 2.84 bits per heavy atom. The molecule has 1 atom stereocenters. The highest BCUT2D eigenvalue weighted by atomic mass is 15.2. The van der Waals surface area contributed by atoms with Crippen LogP contribution in [-0.4, -0.2) is 21.1 Å². The van der Waals surface area contributed by atoms with E-state index in [-0.39, 0.29) is 0 Å². The van der Waals surface area contributed by atoms with Crippen LogP contribution >= 0.6 is 0 Å². The lowest BCUT2D eigenvalue weighted by atomic mass is 10.0. The minimum Gasteiger partial charge on any atom is -0.356 e. The Bertz CT molecular complexity index is 717. The lowest BCUT2D eigenvalue weighted by molar-refractivity contribution is 0.543. The third kappa shape index (κ3) is 1.60. The number of aromatic nitrogens is 3. The van der Waals surface area contributed by atoms with Crippen molar-refractivity contribution in [2.45, 2.75) is 12.5 Å². The van der Waals surface area contributed by atoms with Crippen LogP contribution in [0, 0.1) is 0 Å². The normalized spacial score (nSPS) is 18.0. The average molecular weight is 250 g/mol. The molecule has 4 rings (SSSR count). The van der Waals surface area contributed by atoms with Gasteiger partial charge in [-0.3, -0.25) is 4.98 Å². The van der Waals surface area contributed by atoms with E-state index < -0.39 is 0 Å². The van der Waals surface area contributed by atoms with Crippen molar-refractivity contribution in [2.24, 2.45) is 0 Å². The number of imidazole rings is 1. The number of hydrogen-bond acceptors (Lipinski definition) is 3. The molecule has 1 aliphatic heterocycles. The number of rotatable bonds is 1. The largest absolute Gasteiger partial charge is 0.356 e. The minimum absolute atomic E-state index is 0.339. The third-order valence-electron chi connectivity index (χ3n) is 3.70. The molecule has 94 valence electrons. The van der Waals surface area contributed by atoms with E-state index in [0.29, 0.717) is 6.04 Å². The molecule has 1 aromatic carbocycles. The number of fused-ring (bicyclic) bond motifs is 3. The monoisotopic (exact) mass is 250 g/mol. The zero-order valence-electron chi connectivity index (χ0n) is 10.5. The van der Waals surface area contributed by atoms with Crippen LogP contribution in [0.4, 0.5) is 5.95 Å². The Kier molecular flexibility index (Phi) is 2.27. The number of pyridine rings is 1. The summed E-state index contributed by atoms with van der Waals surface area (Å²) in [5.74, 6) is 0.967. The molecule has 0 saturated heterocycles. The fraction of sp³-hybridized carbons (Fsp3) is 0.200. The van der Waals surface area contributed by atoms with E-state index >= 15 is 0 Å². The summed E-state index contributed by atoms with van der Waals surface area (Å²) in [6.45, 7) is 0.955. The maximum absolute atomic E-state index is 4.67. The molecule has 0 spiro atoms. The van der Waals surface area contributed by atoms with Crippen LogP contribution in [0.15, 0.2) is 48.8 Å². The van der Waals surface area contributed by atoms with Gasteiger partial charge in [0.2, 0.25) is 5.95 Å². The van der Waals surface area contributed by atoms with Gasteiger partial charge in [-0.05, 0) is 36.2 Å². The fourth-order valence-electron chi connectivity index (χ4n) is 2.84. The third-order valence-corrected chi connectivity index (χ3v) is 3.70. The van der Waals surface area contributed by atoms with Gasteiger partial charge in [-0.1, -0.05) is 12.1 Å². The number of para-hydroxylation sites is 2. The maximum Gasteiger partial charge on any atom is 0.204 e. The van der Waals surface area contributed by atoms with Crippen molar-refractivity contribution in [3.63, 3.8) is 0 Å². The van der Waals surface area contributed by atoms with Crippen LogP contribution in [0.2, 0.25) is 0 Å². The van der Waals surface area contributed by atoms with Gasteiger partial charge in [0, 0.05) is 18.9 Å². The van der Waals surface area contributed by atoms with E-state index in [2.05, 4.69) is 50.2 Å². The number of nitrogens with one attached hydrogen (secondary N) is 1. The molecule has 19 heavy (non-hydrogen) atoms. The van der Waals surface area contributed by atoms with Crippen molar-refractivity contribution in [3.8, 4) is 0 Å². The van der Waals surface area contributed by atoms with E-state index in [0.717, 1.165) is 24.4 Å². The summed E-state index contributed by atoms with van der Waals surface area (Å²) in [6, 6.07) is 12.8. The first-order chi connectivity index (χ1) is 9.43. The van der Waals surface area contributed by atoms with Crippen LogP contribution in [0.5, 0.6) is 0 Å². The van der Waals surface area contributed by atoms with Crippen LogP contribution in [0.3, 0.4) is 0 Å². The highest BCUT2D eigenvalue weighted by molar-refractivity contribution is 5.79. The molecule has 1 N–H and O–H groups in total. The molecule has 0 bridgehead atoms. The predicted octanol–water partition coefficient (Wildman–Crippen LogP) is 2.84. The van der Waals surface area contributed by atoms with E-state index in [9.17, 15) is 0 Å². The first-order valence-electron chi connectivity index (χ1n) is 6.54. The quantitative estimate of drug-likeness (QED) is 0.722. The smallest absolute Gasteiger partial charge is 0.204 e. The highest BCUT2D eigenvalue weighted by Crippen LogP contribution is 2.33. The van der Waals surface area contributed by atoms with Crippen molar-refractivity contribution in [2.75, 3.05) is 11.9 Å². The van der Waals surface area contributed by atoms with Gasteiger partial charge < -0.3 is 9.88 Å². The highest BCUT2D eigenvalue weighted by Gasteiger charge is 2.24. The Hall–Kier alpha value is -2.36. The Morgan fingerprint density at radius 1 is 1.11 bits per heavy atom. The number of nitrogens with zero attached hydrogens (tertiary/aromatic N) is 3. The summed E-state index contributed by atoms with van der Waals surface area (Å²) in [5.41, 5.74) is 3.53. The summed E-state index contributed by atoms with van der Waals surface area (Å²) in [6.07, 6.45) is 4.78. The molecule has 2 aromatic heterocycles. The lowest BCUT2D eigenvalue weighted by Crippen LogP contribution is -2.23. The standard InChI is InChI=1S/C15H14N4/c1-2-4-14-12(3-1)18-15-17-10-7-13(19(14)15)11-5-8-16-9-6-11/h1-6,8-9,13H,7,10H2,(H,17,18). The molecule has 0 saturated carbocycles. The van der Waals surface area contributed by atoms with E-state index in [1.165, 1.54) is 11.1 Å². The first-order valence-corrected chi connectivity index (χ1v) is 6.54. The van der Waals surface area contributed by atoms with Crippen molar-refractivity contribution < 1.29 is 0 Å². The molecule has 4 heteroatoms. The van der Waals surface area contributed by atoms with Gasteiger partial charge >= 0.3 is 0 Å². The fourth-order valence-corrected chi connectivity index (χ4v) is 2.84. The summed E-state index contributed by atoms with van der Waals surface area (Å²) >= 11 is 0. The average Bonchev–Trinajstić information content (AvgIpc) is 2.86. The van der Waals surface area contributed by atoms with Gasteiger partial charge in [-0.15, -0.1) is 0 Å². The number of anilines is 1. The molecule has 4 nitrogen and oxygen atoms in total. The maximum atomic E-state index is 4.67. The van der Waals surface area contributed by atoms with E-state index in [4.69, 9.17) is 0 Å². The van der Waals surface area contributed by atoms with Crippen LogP contribution in [0.25, 0.3) is 11.0 Å². The van der Waals surface area contributed by atoms with Crippen LogP contribution in [-0.2, 0) is 0 Å². The minimum atomic E-state index is 0.339. The summed E-state index contributed by atoms with van der Waals surface area (Å²) < 4.78 is 2.30. The number of hydrogen-bond donors (Lipinski definition) is 1. The van der Waals surface area contributed by atoms with Crippen molar-refractivity contribution in [1.82, 2.24) is 14.5 Å². The van der Waals surface area contributed by atoms with Crippen LogP contribution < -0.4 is 5.32 Å². The second-order valence-electron chi connectivity index (χ2n) is 4.81. The van der Waals surface area contributed by atoms with Gasteiger partial charge in [0.1, 0.15) is 0 Å². The Balaban J connectivity index is 1.95. The van der Waals surface area contributed by atoms with Crippen molar-refractivity contribution in [1.29, 1.82) is 0 Å². The summed E-state index contributed by atoms with van der Waals surface area (Å²) in [5, 5.41) is 3.39. The van der Waals surface area contributed by atoms with Gasteiger partial charge in [0.05, 0.1) is 17.1 Å². The lowest BCUT2D eigenvalue weighted by Gasteiger charge is -2.27. The molecular weight excluding hydrogens is 236 g/mol. The van der Waals surface area contributed by atoms with E-state index in [1.54, 1.807) is 0 Å². The molecule has 0 amide bonds. The zero-order valence-corrected chi connectivity index (χ0v) is 10.5. The Labute approximate surface area is 111 Å². The molecule has 3 heterocycles. The summed E-state index contributed by atoms with van der Waals surface area (Å²) in [7, 11) is 0. The van der Waals surface area contributed by atoms with Gasteiger partial charge in [-0.25, -0.2) is 4.98 Å². The molecule has 0 aliphatic carbocycles. The molecule has 0 radical (unpaired) electrons. The van der Waals surface area contributed by atoms with Crippen LogP contribution in [0.1, 0.15) is 18.0 Å². The Morgan fingerprint density at radius 2 is 1.95 bits per heavy atom. The van der Waals surface area contributed by atoms with Crippen molar-refractivity contribution >= 4 is 17.0 Å².